The topological polar surface area (TPSA) is 103 Å². The summed E-state index contributed by atoms with van der Waals surface area (Å²) >= 11 is 0. The van der Waals surface area contributed by atoms with Crippen molar-refractivity contribution in [1.29, 1.82) is 0 Å². The Balaban J connectivity index is 1.51. The first-order chi connectivity index (χ1) is 13.2. The highest BCUT2D eigenvalue weighted by Crippen LogP contribution is 2.52. The first kappa shape index (κ1) is 20.4. The molecule has 1 saturated carbocycles. The minimum Gasteiger partial charge on any atom is -0.357 e. The van der Waals surface area contributed by atoms with E-state index in [-0.39, 0.29) is 53.5 Å². The summed E-state index contributed by atoms with van der Waals surface area (Å²) in [5.74, 6) is 0.378. The monoisotopic (exact) mass is 389 g/mol. The van der Waals surface area contributed by atoms with Crippen LogP contribution in [0.1, 0.15) is 34.1 Å². The van der Waals surface area contributed by atoms with Gasteiger partial charge in [0.2, 0.25) is 17.7 Å². The highest BCUT2D eigenvalue weighted by Gasteiger charge is 2.58. The molecule has 3 aliphatic rings. The van der Waals surface area contributed by atoms with E-state index in [0.717, 1.165) is 6.42 Å². The zero-order valence-corrected chi connectivity index (χ0v) is 17.1. The van der Waals surface area contributed by atoms with Gasteiger partial charge in [-0.25, -0.2) is 4.99 Å². The molecule has 1 saturated heterocycles. The molecular weight excluding hydrogens is 358 g/mol. The van der Waals surface area contributed by atoms with Crippen molar-refractivity contribution in [3.8, 4) is 0 Å². The third-order valence-electron chi connectivity index (χ3n) is 5.43. The Bertz CT molecular complexity index is 679. The predicted octanol–water partition coefficient (Wildman–Crippen LogP) is 0.263. The third-order valence-corrected chi connectivity index (χ3v) is 5.43. The molecule has 0 aromatic heterocycles. The Morgan fingerprint density at radius 2 is 1.75 bits per heavy atom. The summed E-state index contributed by atoms with van der Waals surface area (Å²) in [7, 11) is 0. The van der Waals surface area contributed by atoms with Crippen LogP contribution in [0.2, 0.25) is 0 Å². The maximum absolute atomic E-state index is 12.7. The van der Waals surface area contributed by atoms with E-state index in [2.05, 4.69) is 33.1 Å². The number of amides is 3. The lowest BCUT2D eigenvalue weighted by molar-refractivity contribution is -0.140. The summed E-state index contributed by atoms with van der Waals surface area (Å²) in [4.78, 5) is 43.0. The van der Waals surface area contributed by atoms with Gasteiger partial charge in [0.1, 0.15) is 6.54 Å². The van der Waals surface area contributed by atoms with Gasteiger partial charge in [0, 0.05) is 25.2 Å². The molecule has 1 aliphatic heterocycles. The average molecular weight is 390 g/mol. The van der Waals surface area contributed by atoms with E-state index in [1.165, 1.54) is 4.90 Å². The number of fused-ring (bicyclic) bond motifs is 5. The van der Waals surface area contributed by atoms with Crippen molar-refractivity contribution in [3.05, 3.63) is 12.2 Å². The van der Waals surface area contributed by atoms with Crippen LogP contribution in [0, 0.1) is 23.7 Å². The van der Waals surface area contributed by atoms with E-state index in [9.17, 15) is 14.4 Å². The Morgan fingerprint density at radius 3 is 2.29 bits per heavy atom. The van der Waals surface area contributed by atoms with Crippen LogP contribution in [0.5, 0.6) is 0 Å². The Labute approximate surface area is 166 Å². The summed E-state index contributed by atoms with van der Waals surface area (Å²) < 4.78 is 0. The van der Waals surface area contributed by atoms with Crippen LogP contribution in [0.3, 0.4) is 0 Å². The molecule has 4 atom stereocenters. The van der Waals surface area contributed by atoms with Crippen molar-refractivity contribution >= 4 is 23.7 Å². The standard InChI is InChI=1S/C20H31N5O3/c1-5-21-19(23-11-14(26)24-20(2,3)4)22-8-9-25-17(27)15-12-6-7-13(10-12)16(15)18(25)28/h6-7,12-13,15-16H,5,8-11H2,1-4H3,(H,24,26)(H2,21,22,23). The van der Waals surface area contributed by atoms with Crippen molar-refractivity contribution < 1.29 is 14.4 Å². The number of carbonyl (C=O) groups excluding carboxylic acids is 3. The molecular formula is C20H31N5O3. The maximum Gasteiger partial charge on any atom is 0.242 e. The van der Waals surface area contributed by atoms with Gasteiger partial charge in [-0.2, -0.15) is 0 Å². The minimum atomic E-state index is -0.304. The first-order valence-electron chi connectivity index (χ1n) is 10.1. The van der Waals surface area contributed by atoms with Crippen LogP contribution in [-0.2, 0) is 14.4 Å². The molecule has 2 fully saturated rings. The first-order valence-corrected chi connectivity index (χ1v) is 10.1. The van der Waals surface area contributed by atoms with Crippen molar-refractivity contribution in [2.75, 3.05) is 26.2 Å². The molecule has 28 heavy (non-hydrogen) atoms. The third kappa shape index (κ3) is 4.20. The molecule has 8 nitrogen and oxygen atoms in total. The zero-order valence-electron chi connectivity index (χ0n) is 17.1. The number of hydrogen-bond acceptors (Lipinski definition) is 4. The van der Waals surface area contributed by atoms with E-state index in [1.807, 2.05) is 27.7 Å². The SMILES string of the molecule is CCNC(=NCC(=O)NC(C)(C)C)NCCN1C(=O)C2C3C=CC(C3)C2C1=O. The molecule has 4 unspecified atom stereocenters. The number of rotatable bonds is 6. The predicted molar refractivity (Wildman–Crippen MR) is 106 cm³/mol. The van der Waals surface area contributed by atoms with Crippen LogP contribution >= 0.6 is 0 Å². The number of likely N-dealkylation sites (tertiary alicyclic amines) is 1. The molecule has 154 valence electrons. The lowest BCUT2D eigenvalue weighted by Gasteiger charge is -2.20. The molecule has 8 heteroatoms. The van der Waals surface area contributed by atoms with Gasteiger partial charge in [-0.15, -0.1) is 0 Å². The highest BCUT2D eigenvalue weighted by molar-refractivity contribution is 6.06. The Morgan fingerprint density at radius 1 is 1.14 bits per heavy atom. The summed E-state index contributed by atoms with van der Waals surface area (Å²) in [6, 6.07) is 0. The van der Waals surface area contributed by atoms with Gasteiger partial charge in [0.25, 0.3) is 0 Å². The quantitative estimate of drug-likeness (QED) is 0.262. The number of hydrogen-bond donors (Lipinski definition) is 3. The number of carbonyl (C=O) groups is 3. The fourth-order valence-electron chi connectivity index (χ4n) is 4.42. The summed E-state index contributed by atoms with van der Waals surface area (Å²) in [5, 5.41) is 9.04. The number of guanidine groups is 1. The van der Waals surface area contributed by atoms with Gasteiger partial charge in [-0.1, -0.05) is 12.2 Å². The minimum absolute atomic E-state index is 0.00730. The molecule has 0 radical (unpaired) electrons. The van der Waals surface area contributed by atoms with Crippen molar-refractivity contribution in [2.45, 2.75) is 39.7 Å². The van der Waals surface area contributed by atoms with Gasteiger partial charge in [0.05, 0.1) is 11.8 Å². The molecule has 0 spiro atoms. The summed E-state index contributed by atoms with van der Waals surface area (Å²) in [6.45, 7) is 9.04. The lowest BCUT2D eigenvalue weighted by Crippen LogP contribution is -2.45. The van der Waals surface area contributed by atoms with Gasteiger partial charge < -0.3 is 16.0 Å². The van der Waals surface area contributed by atoms with E-state index >= 15 is 0 Å². The van der Waals surface area contributed by atoms with Crippen LogP contribution in [0.15, 0.2) is 17.1 Å². The Hall–Kier alpha value is -2.38. The molecule has 0 aromatic carbocycles. The normalized spacial score (nSPS) is 28.7. The molecule has 0 aromatic rings. The van der Waals surface area contributed by atoms with Gasteiger partial charge in [-0.3, -0.25) is 19.3 Å². The van der Waals surface area contributed by atoms with Crippen LogP contribution in [-0.4, -0.2) is 60.3 Å². The molecule has 3 amide bonds. The number of aliphatic imine (C=N–C) groups is 1. The number of nitrogens with one attached hydrogen (secondary N) is 3. The molecule has 2 aliphatic carbocycles. The number of imide groups is 1. The highest BCUT2D eigenvalue weighted by atomic mass is 16.2. The molecule has 1 heterocycles. The summed E-state index contributed by atoms with van der Waals surface area (Å²) in [6.07, 6.45) is 5.13. The van der Waals surface area contributed by atoms with Crippen LogP contribution in [0.4, 0.5) is 0 Å². The van der Waals surface area contributed by atoms with E-state index in [0.29, 0.717) is 25.6 Å². The molecule has 3 rings (SSSR count). The van der Waals surface area contributed by atoms with Crippen LogP contribution < -0.4 is 16.0 Å². The smallest absolute Gasteiger partial charge is 0.242 e. The van der Waals surface area contributed by atoms with Crippen LogP contribution in [0.25, 0.3) is 0 Å². The van der Waals surface area contributed by atoms with Gasteiger partial charge in [0.15, 0.2) is 5.96 Å². The second-order valence-electron chi connectivity index (χ2n) is 8.75. The Kier molecular flexibility index (Phi) is 5.76. The van der Waals surface area contributed by atoms with Crippen molar-refractivity contribution in [2.24, 2.45) is 28.7 Å². The molecule has 3 N–H and O–H groups in total. The van der Waals surface area contributed by atoms with Gasteiger partial charge >= 0.3 is 0 Å². The average Bonchev–Trinajstić information content (AvgIpc) is 3.27. The largest absolute Gasteiger partial charge is 0.357 e. The van der Waals surface area contributed by atoms with Gasteiger partial charge in [-0.05, 0) is 46.0 Å². The number of allylic oxidation sites excluding steroid dienone is 2. The van der Waals surface area contributed by atoms with E-state index in [1.54, 1.807) is 0 Å². The fraction of sp³-hybridized carbons (Fsp3) is 0.700. The fourth-order valence-corrected chi connectivity index (χ4v) is 4.42. The van der Waals surface area contributed by atoms with E-state index in [4.69, 9.17) is 0 Å². The second-order valence-corrected chi connectivity index (χ2v) is 8.75. The molecule has 2 bridgehead atoms. The van der Waals surface area contributed by atoms with Crippen molar-refractivity contribution in [3.63, 3.8) is 0 Å². The maximum atomic E-state index is 12.7. The number of nitrogens with zero attached hydrogens (tertiary/aromatic N) is 2. The summed E-state index contributed by atoms with van der Waals surface area (Å²) in [5.41, 5.74) is -0.304. The second kappa shape index (κ2) is 7.93. The zero-order chi connectivity index (χ0) is 20.5. The van der Waals surface area contributed by atoms with Crippen molar-refractivity contribution in [1.82, 2.24) is 20.9 Å². The lowest BCUT2D eigenvalue weighted by atomic mass is 9.85. The van der Waals surface area contributed by atoms with E-state index < -0.39 is 0 Å².